The van der Waals surface area contributed by atoms with Gasteiger partial charge in [0.05, 0.1) is 19.0 Å². The number of nitrogens with zero attached hydrogens (tertiary/aromatic N) is 1. The highest BCUT2D eigenvalue weighted by Gasteiger charge is 2.13. The van der Waals surface area contributed by atoms with Gasteiger partial charge in [-0.15, -0.1) is 0 Å². The van der Waals surface area contributed by atoms with Crippen molar-refractivity contribution < 1.29 is 18.7 Å². The van der Waals surface area contributed by atoms with E-state index in [1.807, 2.05) is 30.3 Å². The SMILES string of the molecule is COc1ccccc1Oc1ccc(NC(=O)c2cc3cc(Br)ccc3o2)cn1. The van der Waals surface area contributed by atoms with Crippen LogP contribution in [0.2, 0.25) is 0 Å². The molecule has 0 aliphatic heterocycles. The molecule has 7 heteroatoms. The van der Waals surface area contributed by atoms with Crippen LogP contribution in [-0.4, -0.2) is 18.0 Å². The van der Waals surface area contributed by atoms with Gasteiger partial charge in [0.15, 0.2) is 17.3 Å². The van der Waals surface area contributed by atoms with Gasteiger partial charge in [0.2, 0.25) is 5.88 Å². The van der Waals surface area contributed by atoms with Crippen LogP contribution in [0, 0.1) is 0 Å². The molecule has 0 spiro atoms. The van der Waals surface area contributed by atoms with Gasteiger partial charge in [-0.2, -0.15) is 0 Å². The minimum absolute atomic E-state index is 0.224. The number of benzene rings is 2. The second-order valence-corrected chi connectivity index (χ2v) is 6.80. The predicted octanol–water partition coefficient (Wildman–Crippen LogP) is 5.64. The van der Waals surface area contributed by atoms with Crippen LogP contribution in [0.1, 0.15) is 10.6 Å². The lowest BCUT2D eigenvalue weighted by molar-refractivity contribution is 0.0998. The van der Waals surface area contributed by atoms with Crippen LogP contribution in [0.15, 0.2) is 75.8 Å². The van der Waals surface area contributed by atoms with Gasteiger partial charge in [0, 0.05) is 15.9 Å². The average Bonchev–Trinajstić information content (AvgIpc) is 3.13. The molecule has 0 fully saturated rings. The van der Waals surface area contributed by atoms with Crippen molar-refractivity contribution in [1.82, 2.24) is 4.98 Å². The van der Waals surface area contributed by atoms with Crippen LogP contribution < -0.4 is 14.8 Å². The molecule has 4 aromatic rings. The lowest BCUT2D eigenvalue weighted by atomic mass is 10.2. The zero-order valence-corrected chi connectivity index (χ0v) is 16.4. The molecular weight excluding hydrogens is 424 g/mol. The number of ether oxygens (including phenoxy) is 2. The van der Waals surface area contributed by atoms with Crippen LogP contribution >= 0.6 is 15.9 Å². The Labute approximate surface area is 169 Å². The Morgan fingerprint density at radius 2 is 1.89 bits per heavy atom. The van der Waals surface area contributed by atoms with Crippen LogP contribution in [0.25, 0.3) is 11.0 Å². The molecule has 2 aromatic heterocycles. The molecule has 1 amide bonds. The van der Waals surface area contributed by atoms with E-state index in [0.29, 0.717) is 28.6 Å². The lowest BCUT2D eigenvalue weighted by Crippen LogP contribution is -2.10. The Morgan fingerprint density at radius 3 is 2.64 bits per heavy atom. The number of rotatable bonds is 5. The first-order chi connectivity index (χ1) is 13.6. The zero-order chi connectivity index (χ0) is 19.5. The van der Waals surface area contributed by atoms with E-state index >= 15 is 0 Å². The summed E-state index contributed by atoms with van der Waals surface area (Å²) in [6.07, 6.45) is 1.52. The van der Waals surface area contributed by atoms with Crippen LogP contribution in [0.4, 0.5) is 5.69 Å². The molecule has 0 saturated heterocycles. The first-order valence-corrected chi connectivity index (χ1v) is 9.19. The fourth-order valence-corrected chi connectivity index (χ4v) is 3.03. The molecule has 0 unspecified atom stereocenters. The van der Waals surface area contributed by atoms with Gasteiger partial charge in [0.1, 0.15) is 5.58 Å². The molecule has 0 atom stereocenters. The van der Waals surface area contributed by atoms with E-state index in [2.05, 4.69) is 26.2 Å². The predicted molar refractivity (Wildman–Crippen MR) is 109 cm³/mol. The number of halogens is 1. The number of carbonyl (C=O) groups excluding carboxylic acids is 1. The molecular formula is C21H15BrN2O4. The number of carbonyl (C=O) groups is 1. The quantitative estimate of drug-likeness (QED) is 0.436. The van der Waals surface area contributed by atoms with Crippen LogP contribution in [0.5, 0.6) is 17.4 Å². The summed E-state index contributed by atoms with van der Waals surface area (Å²) in [5, 5.41) is 3.61. The number of aromatic nitrogens is 1. The van der Waals surface area contributed by atoms with Gasteiger partial charge in [0.25, 0.3) is 5.91 Å². The van der Waals surface area contributed by atoms with E-state index in [-0.39, 0.29) is 11.7 Å². The summed E-state index contributed by atoms with van der Waals surface area (Å²) in [6.45, 7) is 0. The van der Waals surface area contributed by atoms with E-state index in [1.165, 1.54) is 6.20 Å². The van der Waals surface area contributed by atoms with E-state index < -0.39 is 0 Å². The van der Waals surface area contributed by atoms with Crippen molar-refractivity contribution in [3.63, 3.8) is 0 Å². The minimum atomic E-state index is -0.354. The summed E-state index contributed by atoms with van der Waals surface area (Å²) < 4.78 is 17.5. The van der Waals surface area contributed by atoms with Crippen molar-refractivity contribution in [3.05, 3.63) is 77.1 Å². The van der Waals surface area contributed by atoms with E-state index in [9.17, 15) is 4.79 Å². The third-order valence-electron chi connectivity index (χ3n) is 3.98. The van der Waals surface area contributed by atoms with E-state index in [1.54, 1.807) is 37.4 Å². The topological polar surface area (TPSA) is 73.6 Å². The molecule has 0 aliphatic rings. The maximum absolute atomic E-state index is 12.4. The molecule has 0 aliphatic carbocycles. The van der Waals surface area contributed by atoms with Gasteiger partial charge in [-0.3, -0.25) is 4.79 Å². The number of methoxy groups -OCH3 is 1. The van der Waals surface area contributed by atoms with Crippen molar-refractivity contribution in [2.45, 2.75) is 0 Å². The summed E-state index contributed by atoms with van der Waals surface area (Å²) in [4.78, 5) is 16.7. The van der Waals surface area contributed by atoms with Crippen molar-refractivity contribution in [2.24, 2.45) is 0 Å². The third kappa shape index (κ3) is 3.84. The Kier molecular flexibility index (Phi) is 4.99. The first kappa shape index (κ1) is 18.1. The fourth-order valence-electron chi connectivity index (χ4n) is 2.65. The standard InChI is InChI=1S/C21H15BrN2O4/c1-26-17-4-2-3-5-18(17)28-20-9-7-15(12-23-20)24-21(25)19-11-13-10-14(22)6-8-16(13)27-19/h2-12H,1H3,(H,24,25). The molecule has 6 nitrogen and oxygen atoms in total. The van der Waals surface area contributed by atoms with Crippen molar-refractivity contribution in [1.29, 1.82) is 0 Å². The fraction of sp³-hybridized carbons (Fsp3) is 0.0476. The highest BCUT2D eigenvalue weighted by molar-refractivity contribution is 9.10. The number of pyridine rings is 1. The summed E-state index contributed by atoms with van der Waals surface area (Å²) >= 11 is 3.40. The maximum atomic E-state index is 12.4. The molecule has 2 heterocycles. The number of anilines is 1. The molecule has 140 valence electrons. The number of furan rings is 1. The Hall–Kier alpha value is -3.32. The normalized spacial score (nSPS) is 10.6. The average molecular weight is 439 g/mol. The van der Waals surface area contributed by atoms with Crippen molar-refractivity contribution >= 4 is 38.5 Å². The van der Waals surface area contributed by atoms with Gasteiger partial charge in [-0.25, -0.2) is 4.98 Å². The molecule has 28 heavy (non-hydrogen) atoms. The van der Waals surface area contributed by atoms with Gasteiger partial charge >= 0.3 is 0 Å². The number of nitrogens with one attached hydrogen (secondary N) is 1. The largest absolute Gasteiger partial charge is 0.493 e. The summed E-state index contributed by atoms with van der Waals surface area (Å²) in [5.41, 5.74) is 1.17. The summed E-state index contributed by atoms with van der Waals surface area (Å²) in [5.74, 6) is 1.42. The van der Waals surface area contributed by atoms with Gasteiger partial charge in [-0.1, -0.05) is 28.1 Å². The number of hydrogen-bond acceptors (Lipinski definition) is 5. The molecule has 0 radical (unpaired) electrons. The Bertz CT molecular complexity index is 1140. The van der Waals surface area contributed by atoms with Crippen LogP contribution in [0.3, 0.4) is 0 Å². The maximum Gasteiger partial charge on any atom is 0.291 e. The number of para-hydroxylation sites is 2. The molecule has 4 rings (SSSR count). The first-order valence-electron chi connectivity index (χ1n) is 8.40. The van der Waals surface area contributed by atoms with E-state index in [4.69, 9.17) is 13.9 Å². The minimum Gasteiger partial charge on any atom is -0.493 e. The monoisotopic (exact) mass is 438 g/mol. The molecule has 1 N–H and O–H groups in total. The number of fused-ring (bicyclic) bond motifs is 1. The van der Waals surface area contributed by atoms with Crippen molar-refractivity contribution in [3.8, 4) is 17.4 Å². The molecule has 0 saturated carbocycles. The van der Waals surface area contributed by atoms with Crippen LogP contribution in [-0.2, 0) is 0 Å². The van der Waals surface area contributed by atoms with Crippen molar-refractivity contribution in [2.75, 3.05) is 12.4 Å². The Morgan fingerprint density at radius 1 is 1.07 bits per heavy atom. The molecule has 0 bridgehead atoms. The second kappa shape index (κ2) is 7.74. The highest BCUT2D eigenvalue weighted by atomic mass is 79.9. The second-order valence-electron chi connectivity index (χ2n) is 5.88. The molecule has 2 aromatic carbocycles. The summed E-state index contributed by atoms with van der Waals surface area (Å²) in [6, 6.07) is 17.9. The third-order valence-corrected chi connectivity index (χ3v) is 4.47. The van der Waals surface area contributed by atoms with Gasteiger partial charge in [-0.05, 0) is 42.5 Å². The number of hydrogen-bond donors (Lipinski definition) is 1. The Balaban J connectivity index is 1.47. The zero-order valence-electron chi connectivity index (χ0n) is 14.8. The van der Waals surface area contributed by atoms with E-state index in [0.717, 1.165) is 9.86 Å². The highest BCUT2D eigenvalue weighted by Crippen LogP contribution is 2.30. The lowest BCUT2D eigenvalue weighted by Gasteiger charge is -2.09. The van der Waals surface area contributed by atoms with Gasteiger partial charge < -0.3 is 19.2 Å². The smallest absolute Gasteiger partial charge is 0.291 e. The number of amides is 1. The summed E-state index contributed by atoms with van der Waals surface area (Å²) in [7, 11) is 1.57.